The van der Waals surface area contributed by atoms with Crippen LogP contribution in [-0.4, -0.2) is 22.0 Å². The van der Waals surface area contributed by atoms with Gasteiger partial charge in [-0.3, -0.25) is 10.1 Å². The van der Waals surface area contributed by atoms with Gasteiger partial charge in [0.1, 0.15) is 6.33 Å². The van der Waals surface area contributed by atoms with Crippen molar-refractivity contribution in [3.63, 3.8) is 0 Å². The summed E-state index contributed by atoms with van der Waals surface area (Å²) in [6.07, 6.45) is 1.23. The molecule has 2 aromatic heterocycles. The Morgan fingerprint density at radius 1 is 1.53 bits per heavy atom. The fourth-order valence-electron chi connectivity index (χ4n) is 1.59. The molecule has 2 heterocycles. The first-order valence-corrected chi connectivity index (χ1v) is 6.39. The first-order chi connectivity index (χ1) is 9.13. The van der Waals surface area contributed by atoms with Crippen LogP contribution >= 0.6 is 11.3 Å². The van der Waals surface area contributed by atoms with E-state index in [1.807, 2.05) is 23.8 Å². The molecular weight excluding hydrogens is 268 g/mol. The van der Waals surface area contributed by atoms with Crippen molar-refractivity contribution in [3.8, 4) is 5.88 Å². The highest BCUT2D eigenvalue weighted by Crippen LogP contribution is 2.32. The molecule has 0 saturated carbocycles. The topological polar surface area (TPSA) is 90.2 Å². The molecule has 1 atom stereocenters. The molecule has 0 spiro atoms. The average Bonchev–Trinajstić information content (AvgIpc) is 2.92. The number of rotatable bonds is 5. The number of thiophene rings is 1. The molecule has 100 valence electrons. The van der Waals surface area contributed by atoms with Gasteiger partial charge in [-0.1, -0.05) is 0 Å². The van der Waals surface area contributed by atoms with Gasteiger partial charge in [0, 0.05) is 0 Å². The van der Waals surface area contributed by atoms with Crippen molar-refractivity contribution in [2.24, 2.45) is 0 Å². The van der Waals surface area contributed by atoms with E-state index in [-0.39, 0.29) is 23.4 Å². The van der Waals surface area contributed by atoms with Crippen LogP contribution in [0.4, 0.5) is 11.5 Å². The highest BCUT2D eigenvalue weighted by molar-refractivity contribution is 7.07. The SMILES string of the molecule is COc1ncnc(NC(C)c2ccsc2)c1[N+](=O)[O-]. The smallest absolute Gasteiger partial charge is 0.372 e. The second kappa shape index (κ2) is 5.61. The zero-order valence-electron chi connectivity index (χ0n) is 10.4. The molecule has 19 heavy (non-hydrogen) atoms. The number of aromatic nitrogens is 2. The third-order valence-corrected chi connectivity index (χ3v) is 3.26. The van der Waals surface area contributed by atoms with E-state index in [0.717, 1.165) is 5.56 Å². The van der Waals surface area contributed by atoms with Gasteiger partial charge in [0.15, 0.2) is 0 Å². The summed E-state index contributed by atoms with van der Waals surface area (Å²) in [4.78, 5) is 18.2. The molecule has 0 amide bonds. The normalized spacial score (nSPS) is 11.9. The number of hydrogen-bond donors (Lipinski definition) is 1. The molecule has 1 N–H and O–H groups in total. The minimum Gasteiger partial charge on any atom is -0.476 e. The van der Waals surface area contributed by atoms with Crippen LogP contribution < -0.4 is 10.1 Å². The Balaban J connectivity index is 2.32. The van der Waals surface area contributed by atoms with Crippen LogP contribution in [0, 0.1) is 10.1 Å². The van der Waals surface area contributed by atoms with Crippen LogP contribution in [0.25, 0.3) is 0 Å². The second-order valence-corrected chi connectivity index (χ2v) is 4.54. The van der Waals surface area contributed by atoms with Crippen molar-refractivity contribution in [1.82, 2.24) is 9.97 Å². The van der Waals surface area contributed by atoms with Gasteiger partial charge < -0.3 is 10.1 Å². The third-order valence-electron chi connectivity index (χ3n) is 2.56. The molecule has 2 rings (SSSR count). The number of methoxy groups -OCH3 is 1. The van der Waals surface area contributed by atoms with E-state index in [0.29, 0.717) is 0 Å². The van der Waals surface area contributed by atoms with Gasteiger partial charge in [-0.15, -0.1) is 0 Å². The zero-order chi connectivity index (χ0) is 13.8. The van der Waals surface area contributed by atoms with Crippen LogP contribution in [0.15, 0.2) is 23.2 Å². The van der Waals surface area contributed by atoms with E-state index in [9.17, 15) is 10.1 Å². The number of nitro groups is 1. The highest BCUT2D eigenvalue weighted by atomic mass is 32.1. The second-order valence-electron chi connectivity index (χ2n) is 3.76. The van der Waals surface area contributed by atoms with Gasteiger partial charge in [-0.05, 0) is 29.3 Å². The van der Waals surface area contributed by atoms with Gasteiger partial charge in [0.2, 0.25) is 5.82 Å². The molecule has 0 saturated heterocycles. The Labute approximate surface area is 113 Å². The lowest BCUT2D eigenvalue weighted by Crippen LogP contribution is -2.10. The fourth-order valence-corrected chi connectivity index (χ4v) is 2.35. The lowest BCUT2D eigenvalue weighted by Gasteiger charge is -2.13. The van der Waals surface area contributed by atoms with E-state index in [4.69, 9.17) is 4.74 Å². The van der Waals surface area contributed by atoms with Crippen molar-refractivity contribution < 1.29 is 9.66 Å². The monoisotopic (exact) mass is 280 g/mol. The minimum absolute atomic E-state index is 0.0555. The van der Waals surface area contributed by atoms with Gasteiger partial charge in [0.05, 0.1) is 18.1 Å². The maximum atomic E-state index is 11.1. The van der Waals surface area contributed by atoms with E-state index >= 15 is 0 Å². The summed E-state index contributed by atoms with van der Waals surface area (Å²) >= 11 is 1.57. The average molecular weight is 280 g/mol. The predicted molar refractivity (Wildman–Crippen MR) is 71.6 cm³/mol. The first-order valence-electron chi connectivity index (χ1n) is 5.45. The molecule has 0 aliphatic carbocycles. The predicted octanol–water partition coefficient (Wildman–Crippen LogP) is 2.63. The fraction of sp³-hybridized carbons (Fsp3) is 0.273. The van der Waals surface area contributed by atoms with Crippen LogP contribution in [0.2, 0.25) is 0 Å². The maximum Gasteiger partial charge on any atom is 0.372 e. The highest BCUT2D eigenvalue weighted by Gasteiger charge is 2.25. The number of nitrogens with one attached hydrogen (secondary N) is 1. The van der Waals surface area contributed by atoms with E-state index in [1.54, 1.807) is 11.3 Å². The summed E-state index contributed by atoms with van der Waals surface area (Å²) in [5.74, 6) is 0.0931. The lowest BCUT2D eigenvalue weighted by atomic mass is 10.2. The Hall–Kier alpha value is -2.22. The number of hydrogen-bond acceptors (Lipinski definition) is 7. The molecule has 7 nitrogen and oxygen atoms in total. The van der Waals surface area contributed by atoms with Crippen molar-refractivity contribution in [2.45, 2.75) is 13.0 Å². The Morgan fingerprint density at radius 3 is 2.89 bits per heavy atom. The standard InChI is InChI=1S/C11H12N4O3S/c1-7(8-3-4-19-5-8)14-10-9(15(16)17)11(18-2)13-6-12-10/h3-7H,1-2H3,(H,12,13,14). The molecule has 0 radical (unpaired) electrons. The van der Waals surface area contributed by atoms with E-state index < -0.39 is 4.92 Å². The molecule has 0 bridgehead atoms. The summed E-state index contributed by atoms with van der Waals surface area (Å²) < 4.78 is 4.89. The number of anilines is 1. The lowest BCUT2D eigenvalue weighted by molar-refractivity contribution is -0.385. The summed E-state index contributed by atoms with van der Waals surface area (Å²) in [5, 5.41) is 18.0. The van der Waals surface area contributed by atoms with E-state index in [2.05, 4.69) is 15.3 Å². The Bertz CT molecular complexity index is 573. The first kappa shape index (κ1) is 13.2. The number of nitrogens with zero attached hydrogens (tertiary/aromatic N) is 3. The van der Waals surface area contributed by atoms with Crippen molar-refractivity contribution >= 4 is 22.8 Å². The van der Waals surface area contributed by atoms with Crippen LogP contribution in [-0.2, 0) is 0 Å². The van der Waals surface area contributed by atoms with Crippen molar-refractivity contribution in [3.05, 3.63) is 38.8 Å². The molecule has 0 aliphatic rings. The summed E-state index contributed by atoms with van der Waals surface area (Å²) in [7, 11) is 1.33. The van der Waals surface area contributed by atoms with Crippen molar-refractivity contribution in [1.29, 1.82) is 0 Å². The number of ether oxygens (including phenoxy) is 1. The quantitative estimate of drug-likeness (QED) is 0.668. The largest absolute Gasteiger partial charge is 0.476 e. The maximum absolute atomic E-state index is 11.1. The van der Waals surface area contributed by atoms with E-state index in [1.165, 1.54) is 13.4 Å². The Kier molecular flexibility index (Phi) is 3.91. The molecule has 0 fully saturated rings. The van der Waals surface area contributed by atoms with Crippen LogP contribution in [0.1, 0.15) is 18.5 Å². The Morgan fingerprint density at radius 2 is 2.32 bits per heavy atom. The summed E-state index contributed by atoms with van der Waals surface area (Å²) in [5.41, 5.74) is 0.781. The molecule has 0 aromatic carbocycles. The van der Waals surface area contributed by atoms with Crippen LogP contribution in [0.3, 0.4) is 0 Å². The van der Waals surface area contributed by atoms with Gasteiger partial charge in [-0.2, -0.15) is 16.3 Å². The molecule has 1 unspecified atom stereocenters. The summed E-state index contributed by atoms with van der Waals surface area (Å²) in [6, 6.07) is 1.86. The minimum atomic E-state index is -0.554. The van der Waals surface area contributed by atoms with Gasteiger partial charge in [-0.25, -0.2) is 4.98 Å². The molecular formula is C11H12N4O3S. The van der Waals surface area contributed by atoms with Crippen molar-refractivity contribution in [2.75, 3.05) is 12.4 Å². The van der Waals surface area contributed by atoms with Gasteiger partial charge in [0.25, 0.3) is 5.88 Å². The zero-order valence-corrected chi connectivity index (χ0v) is 11.2. The molecule has 8 heteroatoms. The summed E-state index contributed by atoms with van der Waals surface area (Å²) in [6.45, 7) is 1.90. The van der Waals surface area contributed by atoms with Gasteiger partial charge >= 0.3 is 5.69 Å². The molecule has 0 aliphatic heterocycles. The third kappa shape index (κ3) is 2.79. The molecule has 2 aromatic rings. The van der Waals surface area contributed by atoms with Crippen LogP contribution in [0.5, 0.6) is 5.88 Å².